The Hall–Kier alpha value is -2.17. The Kier molecular flexibility index (Phi) is 5.09. The molecule has 0 spiro atoms. The molecule has 2 aromatic rings. The standard InChI is InChI=1S/C16H23N5/c1-5-6-7-8-12(2)17-15-9-10-16(19-18-15)21-14(4)11-13(3)20-21/h5,9-12H,1,6-8H2,2-4H3,(H,17,18). The molecular weight excluding hydrogens is 262 g/mol. The zero-order chi connectivity index (χ0) is 15.2. The molecule has 0 aromatic carbocycles. The van der Waals surface area contributed by atoms with Gasteiger partial charge in [0.15, 0.2) is 5.82 Å². The summed E-state index contributed by atoms with van der Waals surface area (Å²) in [5.74, 6) is 1.54. The van der Waals surface area contributed by atoms with E-state index in [2.05, 4.69) is 34.1 Å². The maximum Gasteiger partial charge on any atom is 0.176 e. The summed E-state index contributed by atoms with van der Waals surface area (Å²) in [6, 6.07) is 6.28. The van der Waals surface area contributed by atoms with Crippen LogP contribution in [0.4, 0.5) is 5.82 Å². The van der Waals surface area contributed by atoms with E-state index in [-0.39, 0.29) is 0 Å². The molecule has 0 saturated carbocycles. The first kappa shape index (κ1) is 15.2. The second-order valence-corrected chi connectivity index (χ2v) is 5.38. The smallest absolute Gasteiger partial charge is 0.176 e. The van der Waals surface area contributed by atoms with Crippen LogP contribution in [-0.4, -0.2) is 26.0 Å². The monoisotopic (exact) mass is 285 g/mol. The van der Waals surface area contributed by atoms with Gasteiger partial charge in [-0.3, -0.25) is 0 Å². The minimum absolute atomic E-state index is 0.374. The Bertz CT molecular complexity index is 585. The van der Waals surface area contributed by atoms with E-state index in [1.165, 1.54) is 0 Å². The Morgan fingerprint density at radius 1 is 1.33 bits per heavy atom. The van der Waals surface area contributed by atoms with Gasteiger partial charge in [-0.15, -0.1) is 16.8 Å². The zero-order valence-corrected chi connectivity index (χ0v) is 13.0. The average molecular weight is 285 g/mol. The fourth-order valence-electron chi connectivity index (χ4n) is 2.27. The minimum atomic E-state index is 0.374. The first-order chi connectivity index (χ1) is 10.1. The van der Waals surface area contributed by atoms with Crippen molar-refractivity contribution in [2.45, 2.75) is 46.1 Å². The van der Waals surface area contributed by atoms with Crippen molar-refractivity contribution in [3.05, 3.63) is 42.2 Å². The van der Waals surface area contributed by atoms with Gasteiger partial charge in [-0.25, -0.2) is 4.68 Å². The summed E-state index contributed by atoms with van der Waals surface area (Å²) >= 11 is 0. The second kappa shape index (κ2) is 7.02. The molecule has 0 aliphatic carbocycles. The number of unbranched alkanes of at least 4 members (excludes halogenated alkanes) is 1. The summed E-state index contributed by atoms with van der Waals surface area (Å²) < 4.78 is 1.81. The van der Waals surface area contributed by atoms with Crippen LogP contribution in [0.15, 0.2) is 30.9 Å². The van der Waals surface area contributed by atoms with Crippen molar-refractivity contribution in [1.29, 1.82) is 0 Å². The summed E-state index contributed by atoms with van der Waals surface area (Å²) in [6.07, 6.45) is 5.23. The third-order valence-electron chi connectivity index (χ3n) is 3.32. The highest BCUT2D eigenvalue weighted by atomic mass is 15.4. The summed E-state index contributed by atoms with van der Waals surface area (Å²) in [4.78, 5) is 0. The van der Waals surface area contributed by atoms with E-state index >= 15 is 0 Å². The van der Waals surface area contributed by atoms with Gasteiger partial charge in [-0.1, -0.05) is 6.08 Å². The molecule has 1 N–H and O–H groups in total. The van der Waals surface area contributed by atoms with Gasteiger partial charge in [-0.05, 0) is 58.2 Å². The molecular formula is C16H23N5. The maximum atomic E-state index is 4.41. The molecule has 1 atom stereocenters. The second-order valence-electron chi connectivity index (χ2n) is 5.38. The lowest BCUT2D eigenvalue weighted by Gasteiger charge is -2.13. The number of nitrogens with zero attached hydrogens (tertiary/aromatic N) is 4. The van der Waals surface area contributed by atoms with Crippen molar-refractivity contribution in [1.82, 2.24) is 20.0 Å². The van der Waals surface area contributed by atoms with Crippen LogP contribution in [0.2, 0.25) is 0 Å². The van der Waals surface area contributed by atoms with Crippen molar-refractivity contribution >= 4 is 5.82 Å². The molecule has 112 valence electrons. The van der Waals surface area contributed by atoms with Crippen molar-refractivity contribution in [2.24, 2.45) is 0 Å². The summed E-state index contributed by atoms with van der Waals surface area (Å²) in [6.45, 7) is 9.87. The van der Waals surface area contributed by atoms with Gasteiger partial charge < -0.3 is 5.32 Å². The van der Waals surface area contributed by atoms with Gasteiger partial charge in [0.1, 0.15) is 5.82 Å². The molecule has 21 heavy (non-hydrogen) atoms. The normalized spacial score (nSPS) is 12.1. The molecule has 1 unspecified atom stereocenters. The van der Waals surface area contributed by atoms with Crippen LogP contribution < -0.4 is 5.32 Å². The number of anilines is 1. The zero-order valence-electron chi connectivity index (χ0n) is 13.0. The molecule has 0 fully saturated rings. The third-order valence-corrected chi connectivity index (χ3v) is 3.32. The Balaban J connectivity index is 1.99. The minimum Gasteiger partial charge on any atom is -0.366 e. The first-order valence-corrected chi connectivity index (χ1v) is 7.35. The van der Waals surface area contributed by atoms with Crippen LogP contribution in [-0.2, 0) is 0 Å². The predicted molar refractivity (Wildman–Crippen MR) is 85.8 cm³/mol. The fourth-order valence-corrected chi connectivity index (χ4v) is 2.27. The topological polar surface area (TPSA) is 55.6 Å². The van der Waals surface area contributed by atoms with E-state index in [4.69, 9.17) is 0 Å². The highest BCUT2D eigenvalue weighted by molar-refractivity contribution is 5.37. The number of hydrogen-bond donors (Lipinski definition) is 1. The van der Waals surface area contributed by atoms with Gasteiger partial charge in [0.25, 0.3) is 0 Å². The number of hydrogen-bond acceptors (Lipinski definition) is 4. The fraction of sp³-hybridized carbons (Fsp3) is 0.438. The molecule has 0 amide bonds. The lowest BCUT2D eigenvalue weighted by atomic mass is 10.1. The van der Waals surface area contributed by atoms with Crippen LogP contribution in [0.1, 0.15) is 37.6 Å². The van der Waals surface area contributed by atoms with E-state index in [9.17, 15) is 0 Å². The van der Waals surface area contributed by atoms with Gasteiger partial charge in [-0.2, -0.15) is 5.10 Å². The highest BCUT2D eigenvalue weighted by Gasteiger charge is 2.07. The van der Waals surface area contributed by atoms with Crippen molar-refractivity contribution in [2.75, 3.05) is 5.32 Å². The maximum absolute atomic E-state index is 4.41. The Labute approximate surface area is 126 Å². The average Bonchev–Trinajstić information content (AvgIpc) is 2.79. The van der Waals surface area contributed by atoms with Crippen LogP contribution in [0.3, 0.4) is 0 Å². The predicted octanol–water partition coefficient (Wildman–Crippen LogP) is 3.44. The van der Waals surface area contributed by atoms with Crippen LogP contribution in [0, 0.1) is 13.8 Å². The molecule has 2 aromatic heterocycles. The highest BCUT2D eigenvalue weighted by Crippen LogP contribution is 2.12. The number of aromatic nitrogens is 4. The van der Waals surface area contributed by atoms with E-state index in [0.29, 0.717) is 6.04 Å². The van der Waals surface area contributed by atoms with Crippen LogP contribution >= 0.6 is 0 Å². The van der Waals surface area contributed by atoms with Crippen molar-refractivity contribution in [3.8, 4) is 5.82 Å². The lowest BCUT2D eigenvalue weighted by molar-refractivity contribution is 0.658. The SMILES string of the molecule is C=CCCCC(C)Nc1ccc(-n2nc(C)cc2C)nn1. The number of rotatable bonds is 7. The van der Waals surface area contributed by atoms with Crippen LogP contribution in [0.5, 0.6) is 0 Å². The van der Waals surface area contributed by atoms with Gasteiger partial charge >= 0.3 is 0 Å². The van der Waals surface area contributed by atoms with Gasteiger partial charge in [0, 0.05) is 11.7 Å². The molecule has 5 nitrogen and oxygen atoms in total. The first-order valence-electron chi connectivity index (χ1n) is 7.35. The van der Waals surface area contributed by atoms with Crippen molar-refractivity contribution in [3.63, 3.8) is 0 Å². The molecule has 0 bridgehead atoms. The largest absolute Gasteiger partial charge is 0.366 e. The summed E-state index contributed by atoms with van der Waals surface area (Å²) in [7, 11) is 0. The molecule has 5 heteroatoms. The summed E-state index contributed by atoms with van der Waals surface area (Å²) in [5.41, 5.74) is 2.03. The number of aryl methyl sites for hydroxylation is 2. The molecule has 0 radical (unpaired) electrons. The molecule has 2 rings (SSSR count). The molecule has 0 aliphatic heterocycles. The van der Waals surface area contributed by atoms with E-state index in [1.54, 1.807) is 4.68 Å². The Morgan fingerprint density at radius 3 is 2.71 bits per heavy atom. The molecule has 2 heterocycles. The lowest BCUT2D eigenvalue weighted by Crippen LogP contribution is -2.16. The molecule has 0 aliphatic rings. The van der Waals surface area contributed by atoms with E-state index in [1.807, 2.05) is 38.1 Å². The van der Waals surface area contributed by atoms with E-state index < -0.39 is 0 Å². The Morgan fingerprint density at radius 2 is 2.14 bits per heavy atom. The van der Waals surface area contributed by atoms with Crippen molar-refractivity contribution < 1.29 is 0 Å². The van der Waals surface area contributed by atoms with Gasteiger partial charge in [0.05, 0.1) is 5.69 Å². The molecule has 0 saturated heterocycles. The van der Waals surface area contributed by atoms with Crippen LogP contribution in [0.25, 0.3) is 5.82 Å². The third kappa shape index (κ3) is 4.15. The quantitative estimate of drug-likeness (QED) is 0.625. The summed E-state index contributed by atoms with van der Waals surface area (Å²) in [5, 5.41) is 16.2. The van der Waals surface area contributed by atoms with Gasteiger partial charge in [0.2, 0.25) is 0 Å². The van der Waals surface area contributed by atoms with E-state index in [0.717, 1.165) is 42.3 Å². The number of nitrogens with one attached hydrogen (secondary N) is 1. The number of allylic oxidation sites excluding steroid dienone is 1.